The smallest absolute Gasteiger partial charge is 0.335 e. The van der Waals surface area contributed by atoms with Crippen LogP contribution in [0, 0.1) is 6.92 Å². The Kier molecular flexibility index (Phi) is 4.48. The Morgan fingerprint density at radius 2 is 2.00 bits per heavy atom. The van der Waals surface area contributed by atoms with E-state index in [9.17, 15) is 9.90 Å². The second-order valence-electron chi connectivity index (χ2n) is 5.44. The van der Waals surface area contributed by atoms with Crippen molar-refractivity contribution in [2.24, 2.45) is 0 Å². The van der Waals surface area contributed by atoms with Crippen molar-refractivity contribution in [2.45, 2.75) is 53.0 Å². The van der Waals surface area contributed by atoms with Crippen LogP contribution in [0.2, 0.25) is 0 Å². The van der Waals surface area contributed by atoms with Gasteiger partial charge < -0.3 is 9.67 Å². The number of carboxylic acid groups (broad SMARTS) is 1. The first kappa shape index (κ1) is 14.6. The zero-order valence-corrected chi connectivity index (χ0v) is 12.6. The van der Waals surface area contributed by atoms with E-state index in [4.69, 9.17) is 0 Å². The third-order valence-corrected chi connectivity index (χ3v) is 3.80. The fraction of sp³-hybridized carbons (Fsp3) is 0.471. The quantitative estimate of drug-likeness (QED) is 0.847. The molecule has 3 nitrogen and oxygen atoms in total. The topological polar surface area (TPSA) is 42.2 Å². The van der Waals surface area contributed by atoms with Crippen molar-refractivity contribution in [1.29, 1.82) is 0 Å². The van der Waals surface area contributed by atoms with Gasteiger partial charge >= 0.3 is 5.97 Å². The molecule has 0 aliphatic rings. The van der Waals surface area contributed by atoms with Gasteiger partial charge in [0.2, 0.25) is 0 Å². The minimum atomic E-state index is -0.839. The third kappa shape index (κ3) is 2.72. The molecule has 3 heteroatoms. The predicted octanol–water partition coefficient (Wildman–Crippen LogP) is 4.40. The van der Waals surface area contributed by atoms with E-state index in [2.05, 4.69) is 24.6 Å². The van der Waals surface area contributed by atoms with Gasteiger partial charge in [-0.05, 0) is 49.4 Å². The lowest BCUT2D eigenvalue weighted by molar-refractivity contribution is 0.0696. The Labute approximate surface area is 120 Å². The molecule has 20 heavy (non-hydrogen) atoms. The summed E-state index contributed by atoms with van der Waals surface area (Å²) in [6.07, 6.45) is 6.59. The Hall–Kier alpha value is -1.77. The third-order valence-electron chi connectivity index (χ3n) is 3.80. The van der Waals surface area contributed by atoms with E-state index in [1.165, 1.54) is 11.1 Å². The lowest BCUT2D eigenvalue weighted by Crippen LogP contribution is -2.00. The lowest BCUT2D eigenvalue weighted by atomic mass is 10.0. The van der Waals surface area contributed by atoms with E-state index >= 15 is 0 Å². The number of aromatic carboxylic acids is 1. The summed E-state index contributed by atoms with van der Waals surface area (Å²) in [5.41, 5.74) is 3.70. The van der Waals surface area contributed by atoms with E-state index in [0.717, 1.165) is 43.2 Å². The van der Waals surface area contributed by atoms with Crippen molar-refractivity contribution in [2.75, 3.05) is 0 Å². The summed E-state index contributed by atoms with van der Waals surface area (Å²) in [6.45, 7) is 7.19. The molecule has 0 radical (unpaired) electrons. The van der Waals surface area contributed by atoms with Gasteiger partial charge in [-0.3, -0.25) is 0 Å². The Morgan fingerprint density at radius 3 is 2.60 bits per heavy atom. The van der Waals surface area contributed by atoms with E-state index in [1.807, 2.05) is 19.1 Å². The van der Waals surface area contributed by atoms with Crippen molar-refractivity contribution in [3.8, 4) is 0 Å². The van der Waals surface area contributed by atoms with Crippen molar-refractivity contribution in [1.82, 2.24) is 4.57 Å². The number of hydrogen-bond acceptors (Lipinski definition) is 1. The maximum absolute atomic E-state index is 11.3. The van der Waals surface area contributed by atoms with Gasteiger partial charge in [0.15, 0.2) is 0 Å². The maximum Gasteiger partial charge on any atom is 0.335 e. The molecule has 0 fully saturated rings. The fourth-order valence-electron chi connectivity index (χ4n) is 2.74. The molecule has 0 aliphatic carbocycles. The van der Waals surface area contributed by atoms with Crippen LogP contribution < -0.4 is 0 Å². The van der Waals surface area contributed by atoms with Crippen LogP contribution in [0.4, 0.5) is 0 Å². The summed E-state index contributed by atoms with van der Waals surface area (Å²) < 4.78 is 2.26. The Bertz CT molecular complexity index is 625. The average molecular weight is 273 g/mol. The summed E-state index contributed by atoms with van der Waals surface area (Å²) in [6, 6.07) is 3.87. The van der Waals surface area contributed by atoms with Crippen LogP contribution in [0.1, 0.15) is 54.6 Å². The minimum absolute atomic E-state index is 0.421. The predicted molar refractivity (Wildman–Crippen MR) is 82.5 cm³/mol. The molecule has 2 aromatic rings. The molecule has 108 valence electrons. The SMILES string of the molecule is CCCCc1cn(CCC)c2cc(C)c(C(=O)O)cc12. The van der Waals surface area contributed by atoms with Gasteiger partial charge in [-0.25, -0.2) is 4.79 Å². The molecular weight excluding hydrogens is 250 g/mol. The fourth-order valence-corrected chi connectivity index (χ4v) is 2.74. The van der Waals surface area contributed by atoms with Gasteiger partial charge in [-0.15, -0.1) is 0 Å². The number of fused-ring (bicyclic) bond motifs is 1. The van der Waals surface area contributed by atoms with Crippen LogP contribution in [0.5, 0.6) is 0 Å². The van der Waals surface area contributed by atoms with E-state index in [-0.39, 0.29) is 0 Å². The van der Waals surface area contributed by atoms with Gasteiger partial charge in [0.25, 0.3) is 0 Å². The lowest BCUT2D eigenvalue weighted by Gasteiger charge is -2.06. The van der Waals surface area contributed by atoms with E-state index in [0.29, 0.717) is 5.56 Å². The number of aromatic nitrogens is 1. The molecule has 0 unspecified atom stereocenters. The highest BCUT2D eigenvalue weighted by Crippen LogP contribution is 2.27. The molecule has 0 spiro atoms. The van der Waals surface area contributed by atoms with Gasteiger partial charge in [0.1, 0.15) is 0 Å². The zero-order valence-electron chi connectivity index (χ0n) is 12.6. The molecule has 0 saturated heterocycles. The molecule has 0 aliphatic heterocycles. The van der Waals surface area contributed by atoms with Crippen LogP contribution in [0.15, 0.2) is 18.3 Å². The molecule has 1 N–H and O–H groups in total. The van der Waals surface area contributed by atoms with Crippen LogP contribution in [-0.4, -0.2) is 15.6 Å². The first-order chi connectivity index (χ1) is 9.58. The summed E-state index contributed by atoms with van der Waals surface area (Å²) in [4.78, 5) is 11.3. The largest absolute Gasteiger partial charge is 0.478 e. The monoisotopic (exact) mass is 273 g/mol. The number of benzene rings is 1. The summed E-state index contributed by atoms with van der Waals surface area (Å²) in [5.74, 6) is -0.839. The van der Waals surface area contributed by atoms with Crippen LogP contribution in [0.3, 0.4) is 0 Å². The minimum Gasteiger partial charge on any atom is -0.478 e. The first-order valence-corrected chi connectivity index (χ1v) is 7.44. The Morgan fingerprint density at radius 1 is 1.25 bits per heavy atom. The summed E-state index contributed by atoms with van der Waals surface area (Å²) >= 11 is 0. The number of carbonyl (C=O) groups is 1. The van der Waals surface area contributed by atoms with Gasteiger partial charge in [-0.1, -0.05) is 20.3 Å². The zero-order chi connectivity index (χ0) is 14.7. The second-order valence-corrected chi connectivity index (χ2v) is 5.44. The first-order valence-electron chi connectivity index (χ1n) is 7.44. The second kappa shape index (κ2) is 6.12. The van der Waals surface area contributed by atoms with Crippen molar-refractivity contribution in [3.05, 3.63) is 35.0 Å². The standard InChI is InChI=1S/C17H23NO2/c1-4-6-7-13-11-18(8-5-2)16-9-12(3)14(17(19)20)10-15(13)16/h9-11H,4-8H2,1-3H3,(H,19,20). The summed E-state index contributed by atoms with van der Waals surface area (Å²) in [5, 5.41) is 10.4. The van der Waals surface area contributed by atoms with Crippen molar-refractivity contribution < 1.29 is 9.90 Å². The Balaban J connectivity index is 2.60. The number of unbranched alkanes of at least 4 members (excludes halogenated alkanes) is 1. The highest BCUT2D eigenvalue weighted by atomic mass is 16.4. The molecular formula is C17H23NO2. The van der Waals surface area contributed by atoms with Gasteiger partial charge in [0.05, 0.1) is 5.56 Å². The molecule has 0 bridgehead atoms. The normalized spacial score (nSPS) is 11.2. The summed E-state index contributed by atoms with van der Waals surface area (Å²) in [7, 11) is 0. The van der Waals surface area contributed by atoms with Gasteiger partial charge in [0, 0.05) is 23.6 Å². The van der Waals surface area contributed by atoms with E-state index < -0.39 is 5.97 Å². The molecule has 2 rings (SSSR count). The number of nitrogens with zero attached hydrogens (tertiary/aromatic N) is 1. The van der Waals surface area contributed by atoms with Crippen molar-refractivity contribution in [3.63, 3.8) is 0 Å². The molecule has 1 aromatic heterocycles. The van der Waals surface area contributed by atoms with Crippen LogP contribution in [-0.2, 0) is 13.0 Å². The highest BCUT2D eigenvalue weighted by Gasteiger charge is 2.14. The molecule has 1 heterocycles. The number of carboxylic acids is 1. The maximum atomic E-state index is 11.3. The van der Waals surface area contributed by atoms with E-state index in [1.54, 1.807) is 0 Å². The van der Waals surface area contributed by atoms with Gasteiger partial charge in [-0.2, -0.15) is 0 Å². The molecule has 0 amide bonds. The molecule has 0 saturated carbocycles. The van der Waals surface area contributed by atoms with Crippen LogP contribution >= 0.6 is 0 Å². The van der Waals surface area contributed by atoms with Crippen LogP contribution in [0.25, 0.3) is 10.9 Å². The average Bonchev–Trinajstić information content (AvgIpc) is 2.73. The highest BCUT2D eigenvalue weighted by molar-refractivity contribution is 5.96. The van der Waals surface area contributed by atoms with Crippen molar-refractivity contribution >= 4 is 16.9 Å². The molecule has 0 atom stereocenters. The molecule has 1 aromatic carbocycles. The number of hydrogen-bond donors (Lipinski definition) is 1. The number of rotatable bonds is 6. The number of aryl methyl sites for hydroxylation is 3.